The van der Waals surface area contributed by atoms with Gasteiger partial charge in [0.25, 0.3) is 0 Å². The number of carboxylic acids is 1. The second kappa shape index (κ2) is 4.50. The van der Waals surface area contributed by atoms with Gasteiger partial charge in [0.1, 0.15) is 0 Å². The minimum Gasteiger partial charge on any atom is -0.480 e. The van der Waals surface area contributed by atoms with Crippen molar-refractivity contribution in [3.05, 3.63) is 0 Å². The van der Waals surface area contributed by atoms with E-state index in [-0.39, 0.29) is 6.04 Å². The van der Waals surface area contributed by atoms with E-state index in [1.165, 1.54) is 11.4 Å². The van der Waals surface area contributed by atoms with E-state index in [0.29, 0.717) is 0 Å². The average Bonchev–Trinajstić information content (AvgIpc) is 2.51. The quantitative estimate of drug-likeness (QED) is 0.737. The summed E-state index contributed by atoms with van der Waals surface area (Å²) in [6, 6.07) is -0.0376. The summed E-state index contributed by atoms with van der Waals surface area (Å²) in [5, 5.41) is 8.43. The number of hydrogen-bond donors (Lipinski definition) is 1. The van der Waals surface area contributed by atoms with Crippen molar-refractivity contribution in [2.75, 3.05) is 24.3 Å². The molecule has 7 heteroatoms. The molecule has 1 atom stereocenters. The van der Waals surface area contributed by atoms with Gasteiger partial charge in [-0.2, -0.15) is 11.8 Å². The molecule has 82 valence electrons. The molecule has 0 bridgehead atoms. The maximum atomic E-state index is 11.5. The number of nitrogens with zero attached hydrogens (tertiary/aromatic N) is 1. The molecule has 0 aliphatic carbocycles. The van der Waals surface area contributed by atoms with E-state index in [1.807, 2.05) is 0 Å². The van der Waals surface area contributed by atoms with Gasteiger partial charge in [0.2, 0.25) is 10.0 Å². The molecule has 1 rings (SSSR count). The van der Waals surface area contributed by atoms with Crippen molar-refractivity contribution >= 4 is 27.8 Å². The first-order valence-corrected chi connectivity index (χ1v) is 6.95. The second-order valence-electron chi connectivity index (χ2n) is 3.18. The van der Waals surface area contributed by atoms with Crippen LogP contribution in [0.4, 0.5) is 0 Å². The fourth-order valence-corrected chi connectivity index (χ4v) is 3.81. The standard InChI is InChI=1S/C7H13NO4S2/c1-8(6-2-3-13-4-6)14(11,12)5-7(9)10/h6H,2-5H2,1H3,(H,9,10). The molecule has 1 unspecified atom stereocenters. The Bertz CT molecular complexity index is 308. The molecule has 0 saturated carbocycles. The van der Waals surface area contributed by atoms with Gasteiger partial charge in [0, 0.05) is 18.8 Å². The van der Waals surface area contributed by atoms with Crippen LogP contribution in [0.5, 0.6) is 0 Å². The molecule has 0 aromatic heterocycles. The van der Waals surface area contributed by atoms with E-state index < -0.39 is 21.7 Å². The van der Waals surface area contributed by atoms with Gasteiger partial charge < -0.3 is 5.11 Å². The normalized spacial score (nSPS) is 22.9. The fourth-order valence-electron chi connectivity index (χ4n) is 1.29. The number of sulfonamides is 1. The van der Waals surface area contributed by atoms with E-state index in [4.69, 9.17) is 5.11 Å². The molecule has 1 N–H and O–H groups in total. The van der Waals surface area contributed by atoms with Crippen LogP contribution >= 0.6 is 11.8 Å². The maximum Gasteiger partial charge on any atom is 0.320 e. The number of carboxylic acid groups (broad SMARTS) is 1. The Morgan fingerprint density at radius 1 is 1.64 bits per heavy atom. The molecule has 1 heterocycles. The first-order valence-electron chi connectivity index (χ1n) is 4.19. The van der Waals surface area contributed by atoms with Gasteiger partial charge in [-0.05, 0) is 12.2 Å². The highest BCUT2D eigenvalue weighted by Crippen LogP contribution is 2.23. The molecule has 14 heavy (non-hydrogen) atoms. The monoisotopic (exact) mass is 239 g/mol. The van der Waals surface area contributed by atoms with E-state index in [2.05, 4.69) is 0 Å². The number of aliphatic carboxylic acids is 1. The maximum absolute atomic E-state index is 11.5. The van der Waals surface area contributed by atoms with Gasteiger partial charge in [-0.15, -0.1) is 0 Å². The Hall–Kier alpha value is -0.270. The van der Waals surface area contributed by atoms with Crippen LogP contribution in [0.3, 0.4) is 0 Å². The zero-order chi connectivity index (χ0) is 10.8. The summed E-state index contributed by atoms with van der Waals surface area (Å²) in [4.78, 5) is 10.3. The Kier molecular flexibility index (Phi) is 3.79. The minimum absolute atomic E-state index is 0.0376. The molecule has 0 amide bonds. The van der Waals surface area contributed by atoms with Crippen LogP contribution in [-0.4, -0.2) is 54.1 Å². The fraction of sp³-hybridized carbons (Fsp3) is 0.857. The summed E-state index contributed by atoms with van der Waals surface area (Å²) in [6.07, 6.45) is 0.806. The van der Waals surface area contributed by atoms with Crippen LogP contribution < -0.4 is 0 Å². The molecule has 1 fully saturated rings. The summed E-state index contributed by atoms with van der Waals surface area (Å²) in [7, 11) is -2.17. The lowest BCUT2D eigenvalue weighted by atomic mass is 10.3. The van der Waals surface area contributed by atoms with Gasteiger partial charge in [-0.25, -0.2) is 12.7 Å². The van der Waals surface area contributed by atoms with E-state index in [9.17, 15) is 13.2 Å². The van der Waals surface area contributed by atoms with Crippen LogP contribution in [0.15, 0.2) is 0 Å². The molecular weight excluding hydrogens is 226 g/mol. The molecule has 0 aromatic carbocycles. The predicted octanol–water partition coefficient (Wildman–Crippen LogP) is -0.162. The minimum atomic E-state index is -3.62. The Morgan fingerprint density at radius 3 is 2.71 bits per heavy atom. The largest absolute Gasteiger partial charge is 0.480 e. The number of hydrogen-bond acceptors (Lipinski definition) is 4. The molecule has 5 nitrogen and oxygen atoms in total. The molecular formula is C7H13NO4S2. The third-order valence-corrected chi connectivity index (χ3v) is 5.10. The Labute approximate surface area is 87.5 Å². The topological polar surface area (TPSA) is 74.7 Å². The molecule has 1 aliphatic rings. The van der Waals surface area contributed by atoms with E-state index in [1.54, 1.807) is 11.8 Å². The summed E-state index contributed by atoms with van der Waals surface area (Å²) in [5.74, 6) is -0.417. The van der Waals surface area contributed by atoms with Crippen LogP contribution in [0.25, 0.3) is 0 Å². The van der Waals surface area contributed by atoms with E-state index in [0.717, 1.165) is 17.9 Å². The lowest BCUT2D eigenvalue weighted by molar-refractivity contribution is -0.134. The smallest absolute Gasteiger partial charge is 0.320 e. The van der Waals surface area contributed by atoms with Crippen LogP contribution in [-0.2, 0) is 14.8 Å². The highest BCUT2D eigenvalue weighted by molar-refractivity contribution is 7.99. The number of rotatable bonds is 4. The Balaban J connectivity index is 2.66. The van der Waals surface area contributed by atoms with Crippen molar-refractivity contribution in [2.45, 2.75) is 12.5 Å². The van der Waals surface area contributed by atoms with Crippen molar-refractivity contribution in [3.63, 3.8) is 0 Å². The summed E-state index contributed by atoms with van der Waals surface area (Å²) < 4.78 is 24.1. The molecule has 0 spiro atoms. The summed E-state index contributed by atoms with van der Waals surface area (Å²) in [6.45, 7) is 0. The van der Waals surface area contributed by atoms with Crippen molar-refractivity contribution in [3.8, 4) is 0 Å². The van der Waals surface area contributed by atoms with Crippen LogP contribution in [0.2, 0.25) is 0 Å². The first-order chi connectivity index (χ1) is 6.43. The highest BCUT2D eigenvalue weighted by atomic mass is 32.2. The molecule has 0 aromatic rings. The zero-order valence-electron chi connectivity index (χ0n) is 7.84. The van der Waals surface area contributed by atoms with Crippen molar-refractivity contribution in [2.24, 2.45) is 0 Å². The summed E-state index contributed by atoms with van der Waals surface area (Å²) in [5.41, 5.74) is 0. The number of carbonyl (C=O) groups is 1. The SMILES string of the molecule is CN(C1CCSC1)S(=O)(=O)CC(=O)O. The lowest BCUT2D eigenvalue weighted by Gasteiger charge is -2.21. The van der Waals surface area contributed by atoms with Gasteiger partial charge in [0.15, 0.2) is 5.75 Å². The van der Waals surface area contributed by atoms with Crippen molar-refractivity contribution in [1.82, 2.24) is 4.31 Å². The van der Waals surface area contributed by atoms with Crippen LogP contribution in [0.1, 0.15) is 6.42 Å². The number of thioether (sulfide) groups is 1. The highest BCUT2D eigenvalue weighted by Gasteiger charge is 2.30. The third kappa shape index (κ3) is 2.86. The predicted molar refractivity (Wildman–Crippen MR) is 54.9 cm³/mol. The van der Waals surface area contributed by atoms with Crippen molar-refractivity contribution < 1.29 is 18.3 Å². The summed E-state index contributed by atoms with van der Waals surface area (Å²) >= 11 is 1.69. The molecule has 0 radical (unpaired) electrons. The second-order valence-corrected chi connectivity index (χ2v) is 6.36. The third-order valence-electron chi connectivity index (χ3n) is 2.16. The molecule has 1 saturated heterocycles. The van der Waals surface area contributed by atoms with Crippen LogP contribution in [0, 0.1) is 0 Å². The molecule has 1 aliphatic heterocycles. The van der Waals surface area contributed by atoms with Gasteiger partial charge >= 0.3 is 5.97 Å². The average molecular weight is 239 g/mol. The lowest BCUT2D eigenvalue weighted by Crippen LogP contribution is -2.40. The first kappa shape index (κ1) is 11.8. The van der Waals surface area contributed by atoms with Gasteiger partial charge in [-0.1, -0.05) is 0 Å². The van der Waals surface area contributed by atoms with Crippen molar-refractivity contribution in [1.29, 1.82) is 0 Å². The zero-order valence-corrected chi connectivity index (χ0v) is 9.47. The Morgan fingerprint density at radius 2 is 2.29 bits per heavy atom. The van der Waals surface area contributed by atoms with E-state index >= 15 is 0 Å². The van der Waals surface area contributed by atoms with Gasteiger partial charge in [-0.3, -0.25) is 4.79 Å². The van der Waals surface area contributed by atoms with Gasteiger partial charge in [0.05, 0.1) is 0 Å².